The zero-order valence-electron chi connectivity index (χ0n) is 14.6. The van der Waals surface area contributed by atoms with E-state index in [1.54, 1.807) is 17.7 Å². The Morgan fingerprint density at radius 1 is 1.11 bits per heavy atom. The lowest BCUT2D eigenvalue weighted by atomic mass is 10.1. The standard InChI is InChI=1S/C17H15FN8S/c1-8-9(2)24-25-16-12(8)13-14(27-16)15(22-7-21-13)23-11-5-26(6-11)17-19-3-10(18)4-20-17/h3-4,7,11H,5-6H2,1-2H3,(H,21,22,23). The van der Waals surface area contributed by atoms with E-state index >= 15 is 0 Å². The zero-order valence-corrected chi connectivity index (χ0v) is 15.5. The molecule has 0 aliphatic carbocycles. The predicted octanol–water partition coefficient (Wildman–Crippen LogP) is 2.48. The van der Waals surface area contributed by atoms with Crippen LogP contribution in [0.15, 0.2) is 18.7 Å². The van der Waals surface area contributed by atoms with E-state index in [4.69, 9.17) is 0 Å². The lowest BCUT2D eigenvalue weighted by Gasteiger charge is -2.39. The third-order valence-electron chi connectivity index (χ3n) is 4.77. The fraction of sp³-hybridized carbons (Fsp3) is 0.294. The van der Waals surface area contributed by atoms with Crippen LogP contribution in [0.4, 0.5) is 16.2 Å². The predicted molar refractivity (Wildman–Crippen MR) is 102 cm³/mol. The molecule has 0 atom stereocenters. The Morgan fingerprint density at radius 3 is 2.67 bits per heavy atom. The highest BCUT2D eigenvalue weighted by atomic mass is 32.1. The molecule has 0 radical (unpaired) electrons. The van der Waals surface area contributed by atoms with Gasteiger partial charge in [0.2, 0.25) is 5.95 Å². The Balaban J connectivity index is 1.41. The quantitative estimate of drug-likeness (QED) is 0.578. The number of hydrogen-bond donors (Lipinski definition) is 1. The van der Waals surface area contributed by atoms with Crippen LogP contribution in [-0.4, -0.2) is 49.3 Å². The first-order chi connectivity index (χ1) is 13.1. The maximum atomic E-state index is 12.9. The summed E-state index contributed by atoms with van der Waals surface area (Å²) in [5.74, 6) is 0.894. The van der Waals surface area contributed by atoms with Gasteiger partial charge < -0.3 is 10.2 Å². The monoisotopic (exact) mass is 382 g/mol. The van der Waals surface area contributed by atoms with Crippen LogP contribution in [0.3, 0.4) is 0 Å². The normalized spacial score (nSPS) is 14.7. The van der Waals surface area contributed by atoms with E-state index in [2.05, 4.69) is 35.5 Å². The Morgan fingerprint density at radius 2 is 1.89 bits per heavy atom. The van der Waals surface area contributed by atoms with Crippen LogP contribution in [0.2, 0.25) is 0 Å². The molecule has 1 aliphatic heterocycles. The molecule has 0 aromatic carbocycles. The molecule has 1 saturated heterocycles. The first kappa shape index (κ1) is 16.2. The number of anilines is 2. The van der Waals surface area contributed by atoms with E-state index in [0.717, 1.165) is 50.6 Å². The van der Waals surface area contributed by atoms with Crippen molar-refractivity contribution in [3.8, 4) is 0 Å². The van der Waals surface area contributed by atoms with Gasteiger partial charge in [-0.15, -0.1) is 16.4 Å². The van der Waals surface area contributed by atoms with Gasteiger partial charge in [-0.05, 0) is 19.4 Å². The highest BCUT2D eigenvalue weighted by molar-refractivity contribution is 7.25. The summed E-state index contributed by atoms with van der Waals surface area (Å²) in [5, 5.41) is 13.0. The van der Waals surface area contributed by atoms with E-state index in [-0.39, 0.29) is 6.04 Å². The molecule has 1 aliphatic rings. The molecule has 10 heteroatoms. The van der Waals surface area contributed by atoms with Crippen molar-refractivity contribution >= 4 is 43.5 Å². The lowest BCUT2D eigenvalue weighted by Crippen LogP contribution is -2.55. The Labute approximate surface area is 157 Å². The molecule has 0 amide bonds. The van der Waals surface area contributed by atoms with Crippen LogP contribution >= 0.6 is 11.3 Å². The minimum atomic E-state index is -0.435. The fourth-order valence-electron chi connectivity index (χ4n) is 3.18. The van der Waals surface area contributed by atoms with Crippen LogP contribution in [-0.2, 0) is 0 Å². The summed E-state index contributed by atoms with van der Waals surface area (Å²) >= 11 is 1.55. The number of aryl methyl sites for hydroxylation is 2. The van der Waals surface area contributed by atoms with Gasteiger partial charge >= 0.3 is 0 Å². The lowest BCUT2D eigenvalue weighted by molar-refractivity contribution is 0.532. The fourth-order valence-corrected chi connectivity index (χ4v) is 4.27. The van der Waals surface area contributed by atoms with Gasteiger partial charge in [-0.1, -0.05) is 0 Å². The van der Waals surface area contributed by atoms with Crippen molar-refractivity contribution in [1.82, 2.24) is 30.1 Å². The van der Waals surface area contributed by atoms with Gasteiger partial charge in [0.15, 0.2) is 5.82 Å². The minimum Gasteiger partial charge on any atom is -0.362 e. The number of thiophene rings is 1. The molecule has 0 bridgehead atoms. The largest absolute Gasteiger partial charge is 0.362 e. The molecule has 1 N–H and O–H groups in total. The van der Waals surface area contributed by atoms with Gasteiger partial charge in [0, 0.05) is 18.5 Å². The van der Waals surface area contributed by atoms with Crippen molar-refractivity contribution in [3.63, 3.8) is 0 Å². The van der Waals surface area contributed by atoms with Crippen molar-refractivity contribution in [3.05, 3.63) is 35.8 Å². The van der Waals surface area contributed by atoms with E-state index in [1.807, 2.05) is 18.7 Å². The molecule has 0 unspecified atom stereocenters. The van der Waals surface area contributed by atoms with Crippen molar-refractivity contribution in [2.75, 3.05) is 23.3 Å². The zero-order chi connectivity index (χ0) is 18.5. The van der Waals surface area contributed by atoms with E-state index in [0.29, 0.717) is 5.95 Å². The molecule has 5 heterocycles. The van der Waals surface area contributed by atoms with Crippen molar-refractivity contribution in [1.29, 1.82) is 0 Å². The second kappa shape index (κ2) is 6.02. The first-order valence-electron chi connectivity index (χ1n) is 8.46. The number of nitrogens with zero attached hydrogens (tertiary/aromatic N) is 7. The summed E-state index contributed by atoms with van der Waals surface area (Å²) in [4.78, 5) is 19.8. The highest BCUT2D eigenvalue weighted by Gasteiger charge is 2.29. The van der Waals surface area contributed by atoms with Gasteiger partial charge in [-0.3, -0.25) is 0 Å². The summed E-state index contributed by atoms with van der Waals surface area (Å²) in [6, 6.07) is 0.205. The van der Waals surface area contributed by atoms with Crippen LogP contribution < -0.4 is 10.2 Å². The van der Waals surface area contributed by atoms with Gasteiger partial charge in [-0.25, -0.2) is 24.3 Å². The molecule has 8 nitrogen and oxygen atoms in total. The molecule has 4 aromatic heterocycles. The molecule has 0 spiro atoms. The molecule has 5 rings (SSSR count). The molecule has 0 saturated carbocycles. The second-order valence-electron chi connectivity index (χ2n) is 6.54. The third kappa shape index (κ3) is 2.64. The SMILES string of the molecule is Cc1nnc2sc3c(NC4CN(c5ncc(F)cn5)C4)ncnc3c2c1C. The van der Waals surface area contributed by atoms with Gasteiger partial charge in [-0.2, -0.15) is 5.10 Å². The summed E-state index contributed by atoms with van der Waals surface area (Å²) in [7, 11) is 0. The Kier molecular flexibility index (Phi) is 3.61. The Hall–Kier alpha value is -3.01. The molecule has 1 fully saturated rings. The number of hydrogen-bond acceptors (Lipinski definition) is 9. The average Bonchev–Trinajstić information content (AvgIpc) is 3.02. The van der Waals surface area contributed by atoms with Crippen LogP contribution in [0.25, 0.3) is 20.4 Å². The van der Waals surface area contributed by atoms with E-state index in [9.17, 15) is 4.39 Å². The number of rotatable bonds is 3. The topological polar surface area (TPSA) is 92.6 Å². The van der Waals surface area contributed by atoms with Gasteiger partial charge in [0.05, 0.1) is 34.3 Å². The van der Waals surface area contributed by atoms with Crippen molar-refractivity contribution < 1.29 is 4.39 Å². The van der Waals surface area contributed by atoms with Gasteiger partial charge in [0.25, 0.3) is 0 Å². The number of fused-ring (bicyclic) bond motifs is 3. The molecular weight excluding hydrogens is 367 g/mol. The summed E-state index contributed by atoms with van der Waals surface area (Å²) in [6.07, 6.45) is 3.94. The Bertz CT molecular complexity index is 1150. The summed E-state index contributed by atoms with van der Waals surface area (Å²) in [5.41, 5.74) is 2.91. The van der Waals surface area contributed by atoms with Gasteiger partial charge in [0.1, 0.15) is 17.0 Å². The van der Waals surface area contributed by atoms with E-state index in [1.165, 1.54) is 12.4 Å². The number of aromatic nitrogens is 6. The van der Waals surface area contributed by atoms with Crippen molar-refractivity contribution in [2.45, 2.75) is 19.9 Å². The van der Waals surface area contributed by atoms with E-state index < -0.39 is 5.82 Å². The summed E-state index contributed by atoms with van der Waals surface area (Å²) < 4.78 is 13.9. The third-order valence-corrected chi connectivity index (χ3v) is 5.84. The second-order valence-corrected chi connectivity index (χ2v) is 7.54. The van der Waals surface area contributed by atoms with Crippen LogP contribution in [0.1, 0.15) is 11.3 Å². The minimum absolute atomic E-state index is 0.205. The molecule has 136 valence electrons. The highest BCUT2D eigenvalue weighted by Crippen LogP contribution is 2.37. The first-order valence-corrected chi connectivity index (χ1v) is 9.28. The molecular formula is C17H15FN8S. The van der Waals surface area contributed by atoms with Crippen molar-refractivity contribution in [2.24, 2.45) is 0 Å². The number of nitrogens with one attached hydrogen (secondary N) is 1. The maximum Gasteiger partial charge on any atom is 0.225 e. The summed E-state index contributed by atoms with van der Waals surface area (Å²) in [6.45, 7) is 5.44. The smallest absolute Gasteiger partial charge is 0.225 e. The molecule has 4 aromatic rings. The van der Waals surface area contributed by atoms with Crippen LogP contribution in [0, 0.1) is 19.7 Å². The maximum absolute atomic E-state index is 12.9. The molecule has 27 heavy (non-hydrogen) atoms. The number of halogens is 1. The van der Waals surface area contributed by atoms with Crippen LogP contribution in [0.5, 0.6) is 0 Å². The average molecular weight is 382 g/mol.